The van der Waals surface area contributed by atoms with Crippen LogP contribution in [0.3, 0.4) is 0 Å². The minimum atomic E-state index is -0.663. The van der Waals surface area contributed by atoms with Gasteiger partial charge in [0.25, 0.3) is 0 Å². The molecule has 1 aromatic heterocycles. The van der Waals surface area contributed by atoms with Gasteiger partial charge < -0.3 is 5.73 Å². The Balaban J connectivity index is 3.40. The lowest BCUT2D eigenvalue weighted by molar-refractivity contribution is -0.112. The van der Waals surface area contributed by atoms with Crippen molar-refractivity contribution in [3.63, 3.8) is 0 Å². The van der Waals surface area contributed by atoms with Crippen molar-refractivity contribution in [1.29, 1.82) is 0 Å². The van der Waals surface area contributed by atoms with Gasteiger partial charge in [0.15, 0.2) is 0 Å². The first-order chi connectivity index (χ1) is 6.45. The predicted molar refractivity (Wildman–Crippen MR) is 51.9 cm³/mol. The number of hydrogen-bond donors (Lipinski definition) is 1. The average molecular weight is 194 g/mol. The minimum Gasteiger partial charge on any atom is -0.366 e. The van der Waals surface area contributed by atoms with Gasteiger partial charge in [-0.05, 0) is 19.4 Å². The zero-order chi connectivity index (χ0) is 10.9. The average Bonchev–Trinajstić information content (AvgIpc) is 2.12. The molecule has 1 amide bonds. The van der Waals surface area contributed by atoms with E-state index in [0.717, 1.165) is 6.20 Å². The van der Waals surface area contributed by atoms with Gasteiger partial charge in [-0.3, -0.25) is 9.78 Å². The van der Waals surface area contributed by atoms with Crippen LogP contribution in [0.2, 0.25) is 0 Å². The number of halogens is 1. The summed E-state index contributed by atoms with van der Waals surface area (Å²) < 4.78 is 13.1. The first kappa shape index (κ1) is 10.4. The summed E-state index contributed by atoms with van der Waals surface area (Å²) in [5.74, 6) is -1.13. The van der Waals surface area contributed by atoms with E-state index < -0.39 is 11.7 Å². The van der Waals surface area contributed by atoms with Crippen molar-refractivity contribution < 1.29 is 9.18 Å². The molecule has 14 heavy (non-hydrogen) atoms. The highest BCUT2D eigenvalue weighted by Gasteiger charge is 2.14. The molecule has 0 unspecified atom stereocenters. The lowest BCUT2D eigenvalue weighted by Gasteiger charge is -2.09. The third-order valence-corrected chi connectivity index (χ3v) is 2.07. The highest BCUT2D eigenvalue weighted by atomic mass is 19.1. The highest BCUT2D eigenvalue weighted by molar-refractivity contribution is 6.18. The van der Waals surface area contributed by atoms with Crippen molar-refractivity contribution in [2.45, 2.75) is 13.8 Å². The van der Waals surface area contributed by atoms with Crippen LogP contribution in [-0.4, -0.2) is 10.9 Å². The van der Waals surface area contributed by atoms with Gasteiger partial charge >= 0.3 is 0 Å². The van der Waals surface area contributed by atoms with Gasteiger partial charge in [0.2, 0.25) is 5.91 Å². The lowest BCUT2D eigenvalue weighted by atomic mass is 10.0. The van der Waals surface area contributed by atoms with Crippen molar-refractivity contribution in [2.24, 2.45) is 5.73 Å². The summed E-state index contributed by atoms with van der Waals surface area (Å²) in [5, 5.41) is 0. The zero-order valence-electron chi connectivity index (χ0n) is 8.10. The number of nitrogens with two attached hydrogens (primary N) is 1. The van der Waals surface area contributed by atoms with Crippen LogP contribution >= 0.6 is 0 Å². The molecule has 0 aliphatic carbocycles. The van der Waals surface area contributed by atoms with Gasteiger partial charge in [0.1, 0.15) is 5.82 Å². The fourth-order valence-electron chi connectivity index (χ4n) is 1.27. The number of nitrogens with zero attached hydrogens (tertiary/aromatic N) is 1. The molecule has 0 spiro atoms. The van der Waals surface area contributed by atoms with Gasteiger partial charge in [-0.2, -0.15) is 0 Å². The van der Waals surface area contributed by atoms with Crippen LogP contribution in [0.4, 0.5) is 4.39 Å². The molecule has 0 bridgehead atoms. The van der Waals surface area contributed by atoms with E-state index >= 15 is 0 Å². The Morgan fingerprint density at radius 3 is 2.64 bits per heavy atom. The minimum absolute atomic E-state index is 0.0898. The first-order valence-corrected chi connectivity index (χ1v) is 4.06. The second-order valence-electron chi connectivity index (χ2n) is 3.03. The standard InChI is InChI=1S/C10H11FN2O/c1-5-8(11)4-13-7(3)9(5)6(2)10(12)14/h4H,2H2,1,3H3,(H2,12,14). The maximum absolute atomic E-state index is 13.1. The quantitative estimate of drug-likeness (QED) is 0.722. The number of hydrogen-bond acceptors (Lipinski definition) is 2. The molecule has 2 N–H and O–H groups in total. The summed E-state index contributed by atoms with van der Waals surface area (Å²) in [5.41, 5.74) is 6.45. The molecular formula is C10H11FN2O. The molecule has 0 radical (unpaired) electrons. The molecular weight excluding hydrogens is 183 g/mol. The maximum Gasteiger partial charge on any atom is 0.248 e. The third-order valence-electron chi connectivity index (χ3n) is 2.07. The van der Waals surface area contributed by atoms with Gasteiger partial charge in [-0.15, -0.1) is 0 Å². The summed E-state index contributed by atoms with van der Waals surface area (Å²) in [6.45, 7) is 6.75. The van der Waals surface area contributed by atoms with Crippen LogP contribution in [0, 0.1) is 19.7 Å². The van der Waals surface area contributed by atoms with E-state index in [4.69, 9.17) is 5.73 Å². The number of aryl methyl sites for hydroxylation is 1. The van der Waals surface area contributed by atoms with E-state index in [-0.39, 0.29) is 5.57 Å². The molecule has 0 fully saturated rings. The molecule has 0 atom stereocenters. The number of carbonyl (C=O) groups is 1. The van der Waals surface area contributed by atoms with Crippen molar-refractivity contribution in [1.82, 2.24) is 4.98 Å². The largest absolute Gasteiger partial charge is 0.366 e. The third kappa shape index (κ3) is 1.64. The second kappa shape index (κ2) is 3.57. The molecule has 1 rings (SSSR count). The summed E-state index contributed by atoms with van der Waals surface area (Å²) in [7, 11) is 0. The fraction of sp³-hybridized carbons (Fsp3) is 0.200. The first-order valence-electron chi connectivity index (χ1n) is 4.06. The number of pyridine rings is 1. The van der Waals surface area contributed by atoms with Crippen molar-refractivity contribution >= 4 is 11.5 Å². The number of carbonyl (C=O) groups excluding carboxylic acids is 1. The molecule has 1 heterocycles. The molecule has 74 valence electrons. The van der Waals surface area contributed by atoms with Crippen LogP contribution < -0.4 is 5.73 Å². The topological polar surface area (TPSA) is 56.0 Å². The van der Waals surface area contributed by atoms with Gasteiger partial charge in [-0.1, -0.05) is 6.58 Å². The second-order valence-corrected chi connectivity index (χ2v) is 3.03. The molecule has 4 heteroatoms. The van der Waals surface area contributed by atoms with Gasteiger partial charge in [0, 0.05) is 16.8 Å². The van der Waals surface area contributed by atoms with Crippen LogP contribution in [0.5, 0.6) is 0 Å². The highest BCUT2D eigenvalue weighted by Crippen LogP contribution is 2.21. The van der Waals surface area contributed by atoms with E-state index in [1.807, 2.05) is 0 Å². The molecule has 0 aliphatic heterocycles. The molecule has 3 nitrogen and oxygen atoms in total. The maximum atomic E-state index is 13.1. The van der Waals surface area contributed by atoms with Crippen molar-refractivity contribution in [3.05, 3.63) is 35.4 Å². The van der Waals surface area contributed by atoms with E-state index in [1.165, 1.54) is 0 Å². The monoisotopic (exact) mass is 194 g/mol. The molecule has 0 saturated carbocycles. The molecule has 0 aliphatic rings. The molecule has 0 saturated heterocycles. The Labute approximate surface area is 81.5 Å². The molecule has 1 aromatic rings. The van der Waals surface area contributed by atoms with Crippen LogP contribution in [-0.2, 0) is 4.79 Å². The number of rotatable bonds is 2. The number of aromatic nitrogens is 1. The Morgan fingerprint density at radius 1 is 1.57 bits per heavy atom. The Morgan fingerprint density at radius 2 is 2.14 bits per heavy atom. The van der Waals surface area contributed by atoms with E-state index in [0.29, 0.717) is 16.8 Å². The van der Waals surface area contributed by atoms with Crippen LogP contribution in [0.25, 0.3) is 5.57 Å². The summed E-state index contributed by atoms with van der Waals surface area (Å²) in [6, 6.07) is 0. The smallest absolute Gasteiger partial charge is 0.248 e. The lowest BCUT2D eigenvalue weighted by Crippen LogP contribution is -2.14. The zero-order valence-corrected chi connectivity index (χ0v) is 8.10. The van der Waals surface area contributed by atoms with Crippen LogP contribution in [0.1, 0.15) is 16.8 Å². The van der Waals surface area contributed by atoms with Gasteiger partial charge in [0.05, 0.1) is 6.20 Å². The molecule has 0 aromatic carbocycles. The summed E-state index contributed by atoms with van der Waals surface area (Å²) in [4.78, 5) is 14.7. The Hall–Kier alpha value is -1.71. The fourth-order valence-corrected chi connectivity index (χ4v) is 1.27. The van der Waals surface area contributed by atoms with E-state index in [1.54, 1.807) is 13.8 Å². The number of primary amides is 1. The summed E-state index contributed by atoms with van der Waals surface area (Å²) in [6.07, 6.45) is 1.11. The number of amides is 1. The predicted octanol–water partition coefficient (Wildman–Crippen LogP) is 1.34. The van der Waals surface area contributed by atoms with E-state index in [2.05, 4.69) is 11.6 Å². The Kier molecular flexibility index (Phi) is 2.65. The van der Waals surface area contributed by atoms with E-state index in [9.17, 15) is 9.18 Å². The van der Waals surface area contributed by atoms with Crippen molar-refractivity contribution in [3.8, 4) is 0 Å². The Bertz CT molecular complexity index is 413. The summed E-state index contributed by atoms with van der Waals surface area (Å²) >= 11 is 0. The van der Waals surface area contributed by atoms with Crippen molar-refractivity contribution in [2.75, 3.05) is 0 Å². The SMILES string of the molecule is C=C(C(N)=O)c1c(C)ncc(F)c1C. The van der Waals surface area contributed by atoms with Crippen LogP contribution in [0.15, 0.2) is 12.8 Å². The normalized spacial score (nSPS) is 9.93. The van der Waals surface area contributed by atoms with Gasteiger partial charge in [-0.25, -0.2) is 4.39 Å².